The first kappa shape index (κ1) is 22.3. The molecule has 0 saturated carbocycles. The van der Waals surface area contributed by atoms with Crippen molar-refractivity contribution in [3.63, 3.8) is 0 Å². The number of fused-ring (bicyclic) bond motifs is 1. The van der Waals surface area contributed by atoms with Crippen molar-refractivity contribution < 1.29 is 18.7 Å². The molecule has 33 heavy (non-hydrogen) atoms. The van der Waals surface area contributed by atoms with Gasteiger partial charge in [-0.05, 0) is 31.5 Å². The third-order valence-electron chi connectivity index (χ3n) is 5.56. The minimum absolute atomic E-state index is 0.111. The molecule has 0 radical (unpaired) electrons. The number of carbonyl (C=O) groups excluding carboxylic acids is 2. The van der Waals surface area contributed by atoms with Crippen LogP contribution in [0.15, 0.2) is 54.6 Å². The molecule has 1 aliphatic rings. The Hall–Kier alpha value is -3.88. The van der Waals surface area contributed by atoms with Crippen LogP contribution in [0.5, 0.6) is 0 Å². The first-order valence-corrected chi connectivity index (χ1v) is 10.6. The van der Waals surface area contributed by atoms with E-state index in [1.54, 1.807) is 30.9 Å². The predicted molar refractivity (Wildman–Crippen MR) is 121 cm³/mol. The highest BCUT2D eigenvalue weighted by Crippen LogP contribution is 2.29. The van der Waals surface area contributed by atoms with E-state index in [0.717, 1.165) is 5.56 Å². The molecule has 3 N–H and O–H groups in total. The van der Waals surface area contributed by atoms with E-state index in [-0.39, 0.29) is 24.9 Å². The lowest BCUT2D eigenvalue weighted by Crippen LogP contribution is -2.57. The zero-order chi connectivity index (χ0) is 23.6. The van der Waals surface area contributed by atoms with E-state index in [4.69, 9.17) is 10.5 Å². The minimum atomic E-state index is -1.18. The van der Waals surface area contributed by atoms with E-state index < -0.39 is 11.6 Å². The summed E-state index contributed by atoms with van der Waals surface area (Å²) in [7, 11) is 0. The maximum absolute atomic E-state index is 13.6. The summed E-state index contributed by atoms with van der Waals surface area (Å²) in [6.45, 7) is 4.45. The third kappa shape index (κ3) is 4.82. The maximum atomic E-state index is 13.6. The van der Waals surface area contributed by atoms with Gasteiger partial charge in [-0.25, -0.2) is 14.2 Å². The van der Waals surface area contributed by atoms with Crippen LogP contribution in [-0.2, 0) is 29.2 Å². The Balaban J connectivity index is 1.42. The number of amides is 2. The lowest BCUT2D eigenvalue weighted by Gasteiger charge is -2.34. The van der Waals surface area contributed by atoms with Crippen molar-refractivity contribution in [2.24, 2.45) is 0 Å². The van der Waals surface area contributed by atoms with Crippen molar-refractivity contribution in [1.82, 2.24) is 19.8 Å². The van der Waals surface area contributed by atoms with E-state index >= 15 is 0 Å². The van der Waals surface area contributed by atoms with E-state index in [2.05, 4.69) is 10.3 Å². The molecule has 0 unspecified atom stereocenters. The number of alkyl carbamates (subject to hydrolysis) is 1. The molecule has 9 heteroatoms. The van der Waals surface area contributed by atoms with Gasteiger partial charge in [-0.3, -0.25) is 4.79 Å². The Labute approximate surface area is 191 Å². The number of imidazole rings is 1. The fourth-order valence-corrected chi connectivity index (χ4v) is 3.84. The molecule has 2 amide bonds. The molecule has 0 fully saturated rings. The number of nitrogen functional groups attached to an aromatic ring is 1. The molecule has 1 aliphatic heterocycles. The van der Waals surface area contributed by atoms with Crippen molar-refractivity contribution in [3.05, 3.63) is 71.8 Å². The molecular formula is C24H26FN5O3. The molecule has 0 saturated heterocycles. The lowest BCUT2D eigenvalue weighted by molar-refractivity contribution is -0.138. The summed E-state index contributed by atoms with van der Waals surface area (Å²) < 4.78 is 20.7. The minimum Gasteiger partial charge on any atom is -0.445 e. The Bertz CT molecular complexity index is 1180. The number of carbonyl (C=O) groups is 2. The van der Waals surface area contributed by atoms with Gasteiger partial charge < -0.3 is 25.3 Å². The summed E-state index contributed by atoms with van der Waals surface area (Å²) >= 11 is 0. The molecule has 0 atom stereocenters. The van der Waals surface area contributed by atoms with E-state index in [1.807, 2.05) is 34.9 Å². The van der Waals surface area contributed by atoms with Gasteiger partial charge in [0.1, 0.15) is 35.3 Å². The standard InChI is InChI=1S/C24H26FN5O3/c1-24(2,28-23(32)33-15-16-7-4-3-5-8-16)22(31)29-11-12-30-19(14-29)27-20(21(30)26)17-9-6-10-18(25)13-17/h3-10,13H,11-12,14-15,26H2,1-2H3,(H,28,32). The second-order valence-corrected chi connectivity index (χ2v) is 8.46. The number of rotatable bonds is 5. The van der Waals surface area contributed by atoms with Crippen LogP contribution in [0.3, 0.4) is 0 Å². The quantitative estimate of drug-likeness (QED) is 0.620. The Morgan fingerprint density at radius 1 is 1.15 bits per heavy atom. The monoisotopic (exact) mass is 451 g/mol. The maximum Gasteiger partial charge on any atom is 0.408 e. The van der Waals surface area contributed by atoms with E-state index in [9.17, 15) is 14.0 Å². The fraction of sp³-hybridized carbons (Fsp3) is 0.292. The molecule has 8 nitrogen and oxygen atoms in total. The Morgan fingerprint density at radius 3 is 2.64 bits per heavy atom. The van der Waals surface area contributed by atoms with Gasteiger partial charge in [0.2, 0.25) is 5.91 Å². The summed E-state index contributed by atoms with van der Waals surface area (Å²) in [5.41, 5.74) is 7.00. The van der Waals surface area contributed by atoms with Crippen LogP contribution >= 0.6 is 0 Å². The number of hydrogen-bond donors (Lipinski definition) is 2. The number of halogens is 1. The number of nitrogens with zero attached hydrogens (tertiary/aromatic N) is 3. The van der Waals surface area contributed by atoms with Gasteiger partial charge in [0, 0.05) is 18.7 Å². The molecule has 1 aromatic heterocycles. The largest absolute Gasteiger partial charge is 0.445 e. The smallest absolute Gasteiger partial charge is 0.408 e. The second kappa shape index (κ2) is 8.93. The molecule has 0 spiro atoms. The molecule has 4 rings (SSSR count). The number of hydrogen-bond acceptors (Lipinski definition) is 5. The normalized spacial score (nSPS) is 13.4. The SMILES string of the molecule is CC(C)(NC(=O)OCc1ccccc1)C(=O)N1CCn2c(nc(-c3cccc(F)c3)c2N)C1. The predicted octanol–water partition coefficient (Wildman–Crippen LogP) is 3.32. The van der Waals surface area contributed by atoms with Crippen LogP contribution in [-0.4, -0.2) is 38.5 Å². The van der Waals surface area contributed by atoms with Crippen LogP contribution in [0.4, 0.5) is 15.0 Å². The van der Waals surface area contributed by atoms with Gasteiger partial charge >= 0.3 is 6.09 Å². The summed E-state index contributed by atoms with van der Waals surface area (Å²) in [6, 6.07) is 15.4. The van der Waals surface area contributed by atoms with Gasteiger partial charge in [0.15, 0.2) is 0 Å². The Kier molecular flexibility index (Phi) is 6.04. The number of aromatic nitrogens is 2. The van der Waals surface area contributed by atoms with Crippen molar-refractivity contribution in [2.75, 3.05) is 12.3 Å². The van der Waals surface area contributed by atoms with Crippen LogP contribution in [0.25, 0.3) is 11.3 Å². The fourth-order valence-electron chi connectivity index (χ4n) is 3.84. The van der Waals surface area contributed by atoms with Crippen molar-refractivity contribution in [1.29, 1.82) is 0 Å². The van der Waals surface area contributed by atoms with Gasteiger partial charge in [0.25, 0.3) is 0 Å². The number of benzene rings is 2. The molecular weight excluding hydrogens is 425 g/mol. The van der Waals surface area contributed by atoms with Crippen molar-refractivity contribution >= 4 is 17.8 Å². The molecule has 172 valence electrons. The van der Waals surface area contributed by atoms with Gasteiger partial charge in [-0.15, -0.1) is 0 Å². The summed E-state index contributed by atoms with van der Waals surface area (Å²) in [5.74, 6) is 0.402. The molecule has 2 heterocycles. The number of nitrogens with one attached hydrogen (secondary N) is 1. The van der Waals surface area contributed by atoms with Crippen LogP contribution in [0.2, 0.25) is 0 Å². The molecule has 2 aromatic carbocycles. The topological polar surface area (TPSA) is 102 Å². The second-order valence-electron chi connectivity index (χ2n) is 8.46. The summed E-state index contributed by atoms with van der Waals surface area (Å²) in [5, 5.41) is 2.65. The number of nitrogens with two attached hydrogens (primary N) is 1. The highest BCUT2D eigenvalue weighted by atomic mass is 19.1. The van der Waals surface area contributed by atoms with Crippen LogP contribution < -0.4 is 11.1 Å². The van der Waals surface area contributed by atoms with E-state index in [0.29, 0.717) is 36.0 Å². The number of anilines is 1. The number of ether oxygens (including phenoxy) is 1. The van der Waals surface area contributed by atoms with E-state index in [1.165, 1.54) is 12.1 Å². The van der Waals surface area contributed by atoms with Crippen LogP contribution in [0, 0.1) is 5.82 Å². The van der Waals surface area contributed by atoms with Crippen molar-refractivity contribution in [3.8, 4) is 11.3 Å². The Morgan fingerprint density at radius 2 is 1.91 bits per heavy atom. The molecule has 0 aliphatic carbocycles. The average Bonchev–Trinajstić information content (AvgIpc) is 3.13. The first-order chi connectivity index (χ1) is 15.7. The zero-order valence-corrected chi connectivity index (χ0v) is 18.5. The first-order valence-electron chi connectivity index (χ1n) is 10.6. The van der Waals surface area contributed by atoms with Crippen LogP contribution in [0.1, 0.15) is 25.2 Å². The van der Waals surface area contributed by atoms with Gasteiger partial charge in [0.05, 0.1) is 6.54 Å². The highest BCUT2D eigenvalue weighted by Gasteiger charge is 2.36. The lowest BCUT2D eigenvalue weighted by atomic mass is 10.0. The molecule has 3 aromatic rings. The van der Waals surface area contributed by atoms with Gasteiger partial charge in [-0.1, -0.05) is 42.5 Å². The van der Waals surface area contributed by atoms with Crippen molar-refractivity contribution in [2.45, 2.75) is 39.1 Å². The highest BCUT2D eigenvalue weighted by molar-refractivity contribution is 5.89. The average molecular weight is 452 g/mol. The summed E-state index contributed by atoms with van der Waals surface area (Å²) in [4.78, 5) is 31.7. The van der Waals surface area contributed by atoms with Gasteiger partial charge in [-0.2, -0.15) is 0 Å². The zero-order valence-electron chi connectivity index (χ0n) is 18.5. The summed E-state index contributed by atoms with van der Waals surface area (Å²) in [6.07, 6.45) is -0.673. The third-order valence-corrected chi connectivity index (χ3v) is 5.56. The molecule has 0 bridgehead atoms.